The highest BCUT2D eigenvalue weighted by Gasteiger charge is 2.26. The molecule has 0 atom stereocenters. The second-order valence-corrected chi connectivity index (χ2v) is 4.72. The van der Waals surface area contributed by atoms with Crippen molar-refractivity contribution in [3.8, 4) is 0 Å². The Morgan fingerprint density at radius 3 is 2.86 bits per heavy atom. The molecule has 0 unspecified atom stereocenters. The summed E-state index contributed by atoms with van der Waals surface area (Å²) in [5, 5.41) is 3.49. The minimum Gasteiger partial charge on any atom is -0.353 e. The summed E-state index contributed by atoms with van der Waals surface area (Å²) in [5.74, 6) is 2.01. The maximum absolute atomic E-state index is 4.52. The first-order valence-electron chi connectivity index (χ1n) is 5.61. The first kappa shape index (κ1) is 8.33. The van der Waals surface area contributed by atoms with E-state index >= 15 is 0 Å². The van der Waals surface area contributed by atoms with E-state index < -0.39 is 0 Å². The van der Waals surface area contributed by atoms with Gasteiger partial charge in [0.05, 0.1) is 5.69 Å². The topological polar surface area (TPSA) is 29.9 Å². The minimum absolute atomic E-state index is 0.703. The quantitative estimate of drug-likeness (QED) is 0.790. The van der Waals surface area contributed by atoms with Crippen LogP contribution >= 0.6 is 0 Å². The lowest BCUT2D eigenvalue weighted by atomic mass is 10.4. The first-order chi connectivity index (χ1) is 6.81. The van der Waals surface area contributed by atoms with Crippen molar-refractivity contribution in [3.05, 3.63) is 11.9 Å². The number of nitrogens with zero attached hydrogens (tertiary/aromatic N) is 2. The van der Waals surface area contributed by atoms with Crippen molar-refractivity contribution in [3.63, 3.8) is 0 Å². The molecule has 0 aromatic carbocycles. The Kier molecular flexibility index (Phi) is 1.79. The van der Waals surface area contributed by atoms with Crippen LogP contribution in [0.1, 0.15) is 31.4 Å². The second kappa shape index (κ2) is 3.01. The minimum atomic E-state index is 0.703. The molecular weight excluding hydrogens is 174 g/mol. The monoisotopic (exact) mass is 191 g/mol. The Balaban J connectivity index is 1.75. The fourth-order valence-corrected chi connectivity index (χ4v) is 1.79. The van der Waals surface area contributed by atoms with Gasteiger partial charge in [-0.25, -0.2) is 4.98 Å². The predicted molar refractivity (Wildman–Crippen MR) is 56.3 cm³/mol. The van der Waals surface area contributed by atoms with Crippen LogP contribution in [-0.4, -0.2) is 15.6 Å². The van der Waals surface area contributed by atoms with E-state index in [4.69, 9.17) is 0 Å². The molecule has 76 valence electrons. The predicted octanol–water partition coefficient (Wildman–Crippen LogP) is 2.18. The molecule has 0 amide bonds. The Labute approximate surface area is 84.5 Å². The number of nitrogens with one attached hydrogen (secondary N) is 1. The zero-order valence-electron chi connectivity index (χ0n) is 8.66. The lowest BCUT2D eigenvalue weighted by molar-refractivity contribution is 0.630. The summed E-state index contributed by atoms with van der Waals surface area (Å²) >= 11 is 0. The summed E-state index contributed by atoms with van der Waals surface area (Å²) in [4.78, 5) is 4.52. The Morgan fingerprint density at radius 2 is 2.21 bits per heavy atom. The van der Waals surface area contributed by atoms with E-state index in [1.54, 1.807) is 0 Å². The van der Waals surface area contributed by atoms with Crippen molar-refractivity contribution in [2.75, 3.05) is 5.32 Å². The summed E-state index contributed by atoms with van der Waals surface area (Å²) in [7, 11) is 0. The van der Waals surface area contributed by atoms with Gasteiger partial charge in [0.2, 0.25) is 5.95 Å². The number of aryl methyl sites for hydroxylation is 1. The Bertz CT molecular complexity index is 303. The summed E-state index contributed by atoms with van der Waals surface area (Å²) in [6.07, 6.45) is 7.61. The van der Waals surface area contributed by atoms with Gasteiger partial charge in [-0.1, -0.05) is 0 Å². The van der Waals surface area contributed by atoms with E-state index in [2.05, 4.69) is 28.0 Å². The van der Waals surface area contributed by atoms with Crippen LogP contribution in [0.25, 0.3) is 0 Å². The molecule has 14 heavy (non-hydrogen) atoms. The molecule has 2 aliphatic rings. The Morgan fingerprint density at radius 1 is 1.43 bits per heavy atom. The number of imidazole rings is 1. The van der Waals surface area contributed by atoms with Gasteiger partial charge < -0.3 is 9.88 Å². The van der Waals surface area contributed by atoms with Crippen LogP contribution in [0.3, 0.4) is 0 Å². The van der Waals surface area contributed by atoms with Gasteiger partial charge in [0.25, 0.3) is 0 Å². The summed E-state index contributed by atoms with van der Waals surface area (Å²) in [6, 6.07) is 0.703. The maximum atomic E-state index is 4.52. The second-order valence-electron chi connectivity index (χ2n) is 4.72. The van der Waals surface area contributed by atoms with Gasteiger partial charge in [-0.15, -0.1) is 0 Å². The zero-order chi connectivity index (χ0) is 9.54. The molecule has 3 heteroatoms. The maximum Gasteiger partial charge on any atom is 0.203 e. The molecule has 2 aliphatic carbocycles. The third kappa shape index (κ3) is 1.76. The SMILES string of the molecule is Cc1cn(CC2CC2)c(NC2CC2)n1. The van der Waals surface area contributed by atoms with Gasteiger partial charge >= 0.3 is 0 Å². The fraction of sp³-hybridized carbons (Fsp3) is 0.727. The lowest BCUT2D eigenvalue weighted by Gasteiger charge is -2.07. The normalized spacial score (nSPS) is 21.2. The van der Waals surface area contributed by atoms with E-state index in [0.717, 1.165) is 24.1 Å². The molecule has 0 bridgehead atoms. The van der Waals surface area contributed by atoms with Crippen molar-refractivity contribution in [1.29, 1.82) is 0 Å². The molecule has 1 N–H and O–H groups in total. The summed E-state index contributed by atoms with van der Waals surface area (Å²) < 4.78 is 2.30. The van der Waals surface area contributed by atoms with Gasteiger partial charge in [0.15, 0.2) is 0 Å². The zero-order valence-corrected chi connectivity index (χ0v) is 8.66. The van der Waals surface area contributed by atoms with Crippen molar-refractivity contribution < 1.29 is 0 Å². The van der Waals surface area contributed by atoms with Crippen LogP contribution in [0.4, 0.5) is 5.95 Å². The Hall–Kier alpha value is -0.990. The molecule has 0 aliphatic heterocycles. The number of aromatic nitrogens is 2. The summed E-state index contributed by atoms with van der Waals surface area (Å²) in [6.45, 7) is 3.23. The molecule has 2 fully saturated rings. The van der Waals surface area contributed by atoms with Crippen molar-refractivity contribution in [2.45, 2.75) is 45.2 Å². The lowest BCUT2D eigenvalue weighted by Crippen LogP contribution is -2.09. The third-order valence-electron chi connectivity index (χ3n) is 2.96. The molecule has 1 aromatic heterocycles. The van der Waals surface area contributed by atoms with E-state index in [-0.39, 0.29) is 0 Å². The van der Waals surface area contributed by atoms with Crippen LogP contribution in [-0.2, 0) is 6.54 Å². The highest BCUT2D eigenvalue weighted by atomic mass is 15.2. The first-order valence-corrected chi connectivity index (χ1v) is 5.61. The molecule has 2 saturated carbocycles. The van der Waals surface area contributed by atoms with Gasteiger partial charge in [0.1, 0.15) is 0 Å². The van der Waals surface area contributed by atoms with E-state index in [0.29, 0.717) is 6.04 Å². The number of hydrogen-bond acceptors (Lipinski definition) is 2. The van der Waals surface area contributed by atoms with Crippen molar-refractivity contribution >= 4 is 5.95 Å². The van der Waals surface area contributed by atoms with E-state index in [9.17, 15) is 0 Å². The van der Waals surface area contributed by atoms with E-state index in [1.807, 2.05) is 0 Å². The largest absolute Gasteiger partial charge is 0.353 e. The van der Waals surface area contributed by atoms with Crippen LogP contribution in [0.5, 0.6) is 0 Å². The van der Waals surface area contributed by atoms with Gasteiger partial charge in [-0.05, 0) is 38.5 Å². The van der Waals surface area contributed by atoms with E-state index in [1.165, 1.54) is 25.7 Å². The fourth-order valence-electron chi connectivity index (χ4n) is 1.79. The summed E-state index contributed by atoms with van der Waals surface area (Å²) in [5.41, 5.74) is 1.13. The van der Waals surface area contributed by atoms with Crippen molar-refractivity contribution in [2.24, 2.45) is 5.92 Å². The van der Waals surface area contributed by atoms with Crippen LogP contribution in [0.2, 0.25) is 0 Å². The molecule has 3 nitrogen and oxygen atoms in total. The molecule has 1 heterocycles. The highest BCUT2D eigenvalue weighted by molar-refractivity contribution is 5.32. The molecule has 0 saturated heterocycles. The molecule has 0 radical (unpaired) electrons. The molecule has 0 spiro atoms. The number of hydrogen-bond donors (Lipinski definition) is 1. The number of rotatable bonds is 4. The average Bonchev–Trinajstić information content (AvgIpc) is 2.95. The van der Waals surface area contributed by atoms with Crippen molar-refractivity contribution in [1.82, 2.24) is 9.55 Å². The van der Waals surface area contributed by atoms with Gasteiger partial charge in [-0.2, -0.15) is 0 Å². The third-order valence-corrected chi connectivity index (χ3v) is 2.96. The van der Waals surface area contributed by atoms with Gasteiger partial charge in [0, 0.05) is 18.8 Å². The van der Waals surface area contributed by atoms with Crippen LogP contribution < -0.4 is 5.32 Å². The molecular formula is C11H17N3. The van der Waals surface area contributed by atoms with Gasteiger partial charge in [-0.3, -0.25) is 0 Å². The number of anilines is 1. The standard InChI is InChI=1S/C11H17N3/c1-8-6-14(7-9-2-3-9)11(12-8)13-10-4-5-10/h6,9-10H,2-5,7H2,1H3,(H,12,13). The molecule has 3 rings (SSSR count). The smallest absolute Gasteiger partial charge is 0.203 e. The highest BCUT2D eigenvalue weighted by Crippen LogP contribution is 2.32. The average molecular weight is 191 g/mol. The van der Waals surface area contributed by atoms with Crippen LogP contribution in [0, 0.1) is 12.8 Å². The van der Waals surface area contributed by atoms with Crippen LogP contribution in [0.15, 0.2) is 6.20 Å². The molecule has 1 aromatic rings.